The SMILES string of the molecule is Nc1nccc(NC2CCNC2)c1-c1nc2ccc(Cl)cc2s1. The molecule has 1 atom stereocenters. The number of fused-ring (bicyclic) bond motifs is 1. The summed E-state index contributed by atoms with van der Waals surface area (Å²) in [6.07, 6.45) is 2.82. The Balaban J connectivity index is 1.79. The fourth-order valence-electron chi connectivity index (χ4n) is 2.83. The van der Waals surface area contributed by atoms with Gasteiger partial charge < -0.3 is 16.4 Å². The van der Waals surface area contributed by atoms with Gasteiger partial charge in [-0.25, -0.2) is 9.97 Å². The first-order valence-electron chi connectivity index (χ1n) is 7.49. The van der Waals surface area contributed by atoms with Crippen LogP contribution in [0.25, 0.3) is 20.8 Å². The summed E-state index contributed by atoms with van der Waals surface area (Å²) >= 11 is 7.65. The van der Waals surface area contributed by atoms with Crippen LogP contribution in [0.15, 0.2) is 30.5 Å². The smallest absolute Gasteiger partial charge is 0.135 e. The third kappa shape index (κ3) is 2.85. The molecule has 3 heterocycles. The van der Waals surface area contributed by atoms with Crippen molar-refractivity contribution in [1.29, 1.82) is 0 Å². The van der Waals surface area contributed by atoms with Crippen molar-refractivity contribution in [2.24, 2.45) is 0 Å². The predicted molar refractivity (Wildman–Crippen MR) is 97.2 cm³/mol. The van der Waals surface area contributed by atoms with E-state index in [0.29, 0.717) is 16.9 Å². The van der Waals surface area contributed by atoms with E-state index in [0.717, 1.165) is 46.0 Å². The lowest BCUT2D eigenvalue weighted by atomic mass is 10.2. The van der Waals surface area contributed by atoms with E-state index in [1.807, 2.05) is 24.3 Å². The number of aromatic nitrogens is 2. The van der Waals surface area contributed by atoms with E-state index in [1.165, 1.54) is 0 Å². The number of thiazole rings is 1. The van der Waals surface area contributed by atoms with E-state index in [-0.39, 0.29) is 0 Å². The number of hydrogen-bond donors (Lipinski definition) is 3. The lowest BCUT2D eigenvalue weighted by Crippen LogP contribution is -2.22. The molecule has 1 unspecified atom stereocenters. The van der Waals surface area contributed by atoms with Crippen molar-refractivity contribution in [3.63, 3.8) is 0 Å². The number of hydrogen-bond acceptors (Lipinski definition) is 6. The van der Waals surface area contributed by atoms with Crippen LogP contribution in [0.2, 0.25) is 5.02 Å². The number of anilines is 2. The maximum absolute atomic E-state index is 6.15. The zero-order valence-electron chi connectivity index (χ0n) is 12.3. The van der Waals surface area contributed by atoms with Crippen molar-refractivity contribution in [1.82, 2.24) is 15.3 Å². The van der Waals surface area contributed by atoms with Gasteiger partial charge in [0.25, 0.3) is 0 Å². The van der Waals surface area contributed by atoms with Crippen LogP contribution in [0.1, 0.15) is 6.42 Å². The first-order valence-corrected chi connectivity index (χ1v) is 8.68. The van der Waals surface area contributed by atoms with Crippen LogP contribution >= 0.6 is 22.9 Å². The van der Waals surface area contributed by atoms with Crippen molar-refractivity contribution in [2.75, 3.05) is 24.1 Å². The lowest BCUT2D eigenvalue weighted by molar-refractivity contribution is 0.793. The molecule has 1 fully saturated rings. The highest BCUT2D eigenvalue weighted by Gasteiger charge is 2.19. The largest absolute Gasteiger partial charge is 0.383 e. The minimum atomic E-state index is 0.402. The molecule has 0 amide bonds. The third-order valence-corrected chi connectivity index (χ3v) is 5.24. The summed E-state index contributed by atoms with van der Waals surface area (Å²) in [5.41, 5.74) is 8.93. The molecule has 2 aromatic heterocycles. The molecule has 1 aromatic carbocycles. The van der Waals surface area contributed by atoms with Gasteiger partial charge in [-0.2, -0.15) is 0 Å². The summed E-state index contributed by atoms with van der Waals surface area (Å²) in [6.45, 7) is 1.99. The van der Waals surface area contributed by atoms with E-state index >= 15 is 0 Å². The molecular weight excluding hydrogens is 330 g/mol. The number of pyridine rings is 1. The number of nitrogens with two attached hydrogens (primary N) is 1. The van der Waals surface area contributed by atoms with Crippen LogP contribution in [-0.4, -0.2) is 29.1 Å². The van der Waals surface area contributed by atoms with Gasteiger partial charge in [0.05, 0.1) is 15.8 Å². The maximum atomic E-state index is 6.15. The zero-order valence-corrected chi connectivity index (χ0v) is 13.9. The van der Waals surface area contributed by atoms with Crippen LogP contribution in [0.3, 0.4) is 0 Å². The minimum Gasteiger partial charge on any atom is -0.383 e. The van der Waals surface area contributed by atoms with Crippen molar-refractivity contribution in [3.8, 4) is 10.6 Å². The van der Waals surface area contributed by atoms with Gasteiger partial charge in [-0.1, -0.05) is 11.6 Å². The summed E-state index contributed by atoms with van der Waals surface area (Å²) in [6, 6.07) is 8.07. The van der Waals surface area contributed by atoms with Gasteiger partial charge >= 0.3 is 0 Å². The fraction of sp³-hybridized carbons (Fsp3) is 0.250. The molecule has 1 aliphatic heterocycles. The average Bonchev–Trinajstić information content (AvgIpc) is 3.16. The number of nitrogens with one attached hydrogen (secondary N) is 2. The molecule has 0 radical (unpaired) electrons. The first kappa shape index (κ1) is 14.7. The predicted octanol–water partition coefficient (Wildman–Crippen LogP) is 3.37. The van der Waals surface area contributed by atoms with Gasteiger partial charge in [-0.05, 0) is 37.2 Å². The van der Waals surface area contributed by atoms with Gasteiger partial charge in [0, 0.05) is 29.5 Å². The second kappa shape index (κ2) is 5.96. The molecular formula is C16H16ClN5S. The van der Waals surface area contributed by atoms with Gasteiger partial charge in [0.2, 0.25) is 0 Å². The summed E-state index contributed by atoms with van der Waals surface area (Å²) in [7, 11) is 0. The number of halogens is 1. The van der Waals surface area contributed by atoms with E-state index in [2.05, 4.69) is 15.6 Å². The van der Waals surface area contributed by atoms with Crippen molar-refractivity contribution in [3.05, 3.63) is 35.5 Å². The zero-order chi connectivity index (χ0) is 15.8. The summed E-state index contributed by atoms with van der Waals surface area (Å²) in [4.78, 5) is 8.95. The Hall–Kier alpha value is -1.89. The van der Waals surface area contributed by atoms with Crippen LogP contribution in [0.5, 0.6) is 0 Å². The van der Waals surface area contributed by atoms with Gasteiger partial charge in [0.15, 0.2) is 0 Å². The third-order valence-electron chi connectivity index (χ3n) is 3.96. The molecule has 4 rings (SSSR count). The number of nitrogens with zero attached hydrogens (tertiary/aromatic N) is 2. The van der Waals surface area contributed by atoms with Crippen molar-refractivity contribution >= 4 is 44.7 Å². The second-order valence-electron chi connectivity index (χ2n) is 5.58. The van der Waals surface area contributed by atoms with E-state index in [4.69, 9.17) is 22.3 Å². The number of nitrogen functional groups attached to an aromatic ring is 1. The van der Waals surface area contributed by atoms with E-state index < -0.39 is 0 Å². The monoisotopic (exact) mass is 345 g/mol. The molecule has 23 heavy (non-hydrogen) atoms. The van der Waals surface area contributed by atoms with Crippen LogP contribution < -0.4 is 16.4 Å². The van der Waals surface area contributed by atoms with Crippen LogP contribution in [0.4, 0.5) is 11.5 Å². The molecule has 7 heteroatoms. The maximum Gasteiger partial charge on any atom is 0.135 e. The highest BCUT2D eigenvalue weighted by atomic mass is 35.5. The number of rotatable bonds is 3. The summed E-state index contributed by atoms with van der Waals surface area (Å²) < 4.78 is 1.05. The van der Waals surface area contributed by atoms with Crippen LogP contribution in [0, 0.1) is 0 Å². The van der Waals surface area contributed by atoms with Crippen molar-refractivity contribution < 1.29 is 0 Å². The molecule has 118 valence electrons. The highest BCUT2D eigenvalue weighted by Crippen LogP contribution is 2.38. The van der Waals surface area contributed by atoms with Crippen molar-refractivity contribution in [2.45, 2.75) is 12.5 Å². The quantitative estimate of drug-likeness (QED) is 0.678. The summed E-state index contributed by atoms with van der Waals surface area (Å²) in [5.74, 6) is 0.492. The minimum absolute atomic E-state index is 0.402. The summed E-state index contributed by atoms with van der Waals surface area (Å²) in [5, 5.41) is 8.49. The lowest BCUT2D eigenvalue weighted by Gasteiger charge is -2.16. The molecule has 0 bridgehead atoms. The topological polar surface area (TPSA) is 75.9 Å². The van der Waals surface area contributed by atoms with Gasteiger partial charge in [-0.15, -0.1) is 11.3 Å². The fourth-order valence-corrected chi connectivity index (χ4v) is 4.14. The highest BCUT2D eigenvalue weighted by molar-refractivity contribution is 7.21. The number of benzene rings is 1. The van der Waals surface area contributed by atoms with Gasteiger partial charge in [-0.3, -0.25) is 0 Å². The first-order chi connectivity index (χ1) is 11.2. The molecule has 5 nitrogen and oxygen atoms in total. The molecule has 1 aliphatic rings. The molecule has 0 aliphatic carbocycles. The Bertz CT molecular complexity index is 857. The Morgan fingerprint density at radius 1 is 1.35 bits per heavy atom. The Morgan fingerprint density at radius 3 is 3.09 bits per heavy atom. The molecule has 4 N–H and O–H groups in total. The Labute approximate surface area is 142 Å². The Kier molecular flexibility index (Phi) is 3.80. The Morgan fingerprint density at radius 2 is 2.26 bits per heavy atom. The molecule has 0 saturated carbocycles. The van der Waals surface area contributed by atoms with E-state index in [9.17, 15) is 0 Å². The molecule has 1 saturated heterocycles. The second-order valence-corrected chi connectivity index (χ2v) is 7.05. The van der Waals surface area contributed by atoms with Gasteiger partial charge in [0.1, 0.15) is 10.8 Å². The van der Waals surface area contributed by atoms with Crippen LogP contribution in [-0.2, 0) is 0 Å². The molecule has 3 aromatic rings. The average molecular weight is 346 g/mol. The molecule has 0 spiro atoms. The normalized spacial score (nSPS) is 17.7. The van der Waals surface area contributed by atoms with E-state index in [1.54, 1.807) is 17.5 Å². The standard InChI is InChI=1S/C16H16ClN5S/c17-9-1-2-11-13(7-9)23-16(22-11)14-12(4-6-20-15(14)18)21-10-3-5-19-8-10/h1-2,4,6-7,10,19H,3,5,8H2,(H3,18,20,21).